The van der Waals surface area contributed by atoms with Crippen molar-refractivity contribution in [1.29, 1.82) is 0 Å². The summed E-state index contributed by atoms with van der Waals surface area (Å²) >= 11 is 5.37. The summed E-state index contributed by atoms with van der Waals surface area (Å²) < 4.78 is 40.8. The first-order chi connectivity index (χ1) is 17.9. The third kappa shape index (κ3) is 5.55. The van der Waals surface area contributed by atoms with Crippen LogP contribution in [0.3, 0.4) is 0 Å². The molecule has 14 heteroatoms. The highest BCUT2D eigenvalue weighted by molar-refractivity contribution is 6.29. The molecule has 0 radical (unpaired) electrons. The number of hydrazine groups is 1. The highest BCUT2D eigenvalue weighted by Crippen LogP contribution is 2.65. The summed E-state index contributed by atoms with van der Waals surface area (Å²) in [6, 6.07) is -2.28. The Morgan fingerprint density at radius 2 is 1.82 bits per heavy atom. The largest absolute Gasteiger partial charge is 0.356 e. The molecule has 2 aliphatic heterocycles. The first-order valence-electron chi connectivity index (χ1n) is 13.0. The molecule has 2 saturated heterocycles. The van der Waals surface area contributed by atoms with E-state index in [9.17, 15) is 37.1 Å². The Morgan fingerprint density at radius 1 is 1.21 bits per heavy atom. The zero-order valence-corrected chi connectivity index (χ0v) is 23.3. The van der Waals surface area contributed by atoms with Crippen molar-refractivity contribution in [3.8, 4) is 0 Å². The first kappa shape index (κ1) is 29.4. The number of hydrogen-bond donors (Lipinski definition) is 3. The van der Waals surface area contributed by atoms with Gasteiger partial charge in [-0.2, -0.15) is 0 Å². The van der Waals surface area contributed by atoms with Gasteiger partial charge in [0.05, 0.1) is 12.5 Å². The lowest BCUT2D eigenvalue weighted by molar-refractivity contribution is -0.151. The van der Waals surface area contributed by atoms with Gasteiger partial charge in [-0.15, -0.1) is 0 Å². The minimum atomic E-state index is -3.11. The molecule has 4 fully saturated rings. The summed E-state index contributed by atoms with van der Waals surface area (Å²) in [6.07, 6.45) is -0.216. The molecule has 4 rings (SSSR count). The van der Waals surface area contributed by atoms with E-state index in [4.69, 9.17) is 11.6 Å². The van der Waals surface area contributed by atoms with Crippen molar-refractivity contribution < 1.29 is 37.1 Å². The molecule has 7 atom stereocenters. The number of piperidine rings is 1. The van der Waals surface area contributed by atoms with Crippen LogP contribution in [0.1, 0.15) is 47.5 Å². The van der Waals surface area contributed by atoms with E-state index in [1.807, 2.05) is 13.8 Å². The number of carbonyl (C=O) groups excluding carboxylic acids is 5. The average Bonchev–Trinajstić information content (AvgIpc) is 3.37. The summed E-state index contributed by atoms with van der Waals surface area (Å²) in [5.74, 6) is -9.57. The van der Waals surface area contributed by atoms with Crippen LogP contribution >= 0.6 is 11.6 Å². The summed E-state index contributed by atoms with van der Waals surface area (Å²) in [5.41, 5.74) is -1.28. The van der Waals surface area contributed by atoms with Gasteiger partial charge in [0.1, 0.15) is 18.0 Å². The lowest BCUT2D eigenvalue weighted by atomic mass is 9.85. The fourth-order valence-corrected chi connectivity index (χ4v) is 6.03. The Kier molecular flexibility index (Phi) is 7.40. The maximum Gasteiger partial charge on any atom is 0.291 e. The maximum absolute atomic E-state index is 13.8. The van der Waals surface area contributed by atoms with E-state index in [1.54, 1.807) is 20.8 Å². The van der Waals surface area contributed by atoms with E-state index in [0.717, 1.165) is 0 Å². The van der Waals surface area contributed by atoms with Crippen molar-refractivity contribution in [2.45, 2.75) is 71.1 Å². The maximum atomic E-state index is 13.8. The van der Waals surface area contributed by atoms with Crippen LogP contribution in [0, 0.1) is 34.5 Å². The second kappa shape index (κ2) is 9.81. The Labute approximate surface area is 229 Å². The van der Waals surface area contributed by atoms with E-state index in [1.165, 1.54) is 4.90 Å². The summed E-state index contributed by atoms with van der Waals surface area (Å²) in [4.78, 5) is 65.8. The van der Waals surface area contributed by atoms with Crippen molar-refractivity contribution in [2.24, 2.45) is 34.5 Å². The molecular weight excluding hydrogens is 543 g/mol. The summed E-state index contributed by atoms with van der Waals surface area (Å²) in [7, 11) is 0. The summed E-state index contributed by atoms with van der Waals surface area (Å²) in [6.45, 7) is 9.13. The number of alkyl halides is 4. The van der Waals surface area contributed by atoms with Gasteiger partial charge in [0.25, 0.3) is 23.4 Å². The van der Waals surface area contributed by atoms with Crippen molar-refractivity contribution in [1.82, 2.24) is 26.0 Å². The Hall–Kier alpha value is -2.57. The van der Waals surface area contributed by atoms with Gasteiger partial charge in [0, 0.05) is 19.5 Å². The van der Waals surface area contributed by atoms with E-state index >= 15 is 0 Å². The van der Waals surface area contributed by atoms with E-state index in [2.05, 4.69) is 16.1 Å². The van der Waals surface area contributed by atoms with Gasteiger partial charge in [0.15, 0.2) is 0 Å². The van der Waals surface area contributed by atoms with Gasteiger partial charge in [-0.05, 0) is 29.1 Å². The quantitative estimate of drug-likeness (QED) is 0.309. The van der Waals surface area contributed by atoms with Gasteiger partial charge in [-0.25, -0.2) is 18.2 Å². The molecule has 4 aliphatic rings. The fourth-order valence-electron chi connectivity index (χ4n) is 5.92. The third-order valence-corrected chi connectivity index (χ3v) is 8.75. The zero-order chi connectivity index (χ0) is 29.2. The van der Waals surface area contributed by atoms with Crippen molar-refractivity contribution in [2.75, 3.05) is 19.6 Å². The molecule has 39 heavy (non-hydrogen) atoms. The lowest BCUT2D eigenvalue weighted by Gasteiger charge is -2.38. The van der Waals surface area contributed by atoms with Gasteiger partial charge in [-0.3, -0.25) is 29.4 Å². The normalized spacial score (nSPS) is 31.5. The molecule has 0 bridgehead atoms. The number of carbonyl (C=O) groups is 5. The van der Waals surface area contributed by atoms with Crippen LogP contribution in [0.4, 0.5) is 13.2 Å². The second-order valence-electron chi connectivity index (χ2n) is 12.7. The molecule has 2 aliphatic carbocycles. The first-order valence-corrected chi connectivity index (χ1v) is 13.5. The van der Waals surface area contributed by atoms with Crippen LogP contribution < -0.4 is 16.1 Å². The number of likely N-dealkylation sites (tertiary alicyclic amines) is 1. The standard InChI is InChI=1S/C25H35ClF3N5O5/c1-23(2,3)16(31-19(36)12-8-25(12,28)29)21(38)33-10-13-14(24(13,4)5)15(33)20(37)32-34(22(39)17(26)27)9-11-6-7-30-18(11)35/h11-17H,6-10H2,1-5H3,(H,30,35)(H,31,36)(H,32,37)/t11-,12-,13-,14-,15-,16+,17+/m0/s1. The van der Waals surface area contributed by atoms with Crippen LogP contribution in [0.25, 0.3) is 0 Å². The van der Waals surface area contributed by atoms with Crippen LogP contribution in [-0.2, 0) is 24.0 Å². The zero-order valence-electron chi connectivity index (χ0n) is 22.5. The van der Waals surface area contributed by atoms with Crippen molar-refractivity contribution >= 4 is 41.1 Å². The predicted molar refractivity (Wildman–Crippen MR) is 132 cm³/mol. The Bertz CT molecular complexity index is 1080. The number of hydrogen-bond acceptors (Lipinski definition) is 5. The fraction of sp³-hybridized carbons (Fsp3) is 0.800. The molecule has 0 aromatic rings. The minimum absolute atomic E-state index is 0.0620. The summed E-state index contributed by atoms with van der Waals surface area (Å²) in [5, 5.41) is 5.76. The highest BCUT2D eigenvalue weighted by Gasteiger charge is 2.70. The average molecular weight is 578 g/mol. The van der Waals surface area contributed by atoms with Gasteiger partial charge < -0.3 is 15.5 Å². The number of nitrogens with one attached hydrogen (secondary N) is 3. The van der Waals surface area contributed by atoms with E-state index in [0.29, 0.717) is 18.0 Å². The highest BCUT2D eigenvalue weighted by atomic mass is 35.5. The Morgan fingerprint density at radius 3 is 2.31 bits per heavy atom. The van der Waals surface area contributed by atoms with Gasteiger partial charge in [0.2, 0.25) is 17.7 Å². The molecule has 5 amide bonds. The molecular formula is C25H35ClF3N5O5. The van der Waals surface area contributed by atoms with E-state index in [-0.39, 0.29) is 36.2 Å². The minimum Gasteiger partial charge on any atom is -0.356 e. The number of rotatable bonds is 7. The van der Waals surface area contributed by atoms with Gasteiger partial charge in [-0.1, -0.05) is 46.2 Å². The smallest absolute Gasteiger partial charge is 0.291 e. The molecule has 0 spiro atoms. The molecule has 2 saturated carbocycles. The SMILES string of the molecule is CC(C)(C)[C@H](NC(=O)[C@@H]1CC1(F)F)C(=O)N1C[C@H]2[C@@H]([C@H]1C(=O)NN(C[C@@H]1CCNC1=O)C(=O)[C@@H](F)Cl)C2(C)C. The third-order valence-electron chi connectivity index (χ3n) is 8.57. The van der Waals surface area contributed by atoms with Gasteiger partial charge >= 0.3 is 0 Å². The molecule has 2 heterocycles. The van der Waals surface area contributed by atoms with Crippen LogP contribution in [-0.4, -0.2) is 82.7 Å². The van der Waals surface area contributed by atoms with Crippen molar-refractivity contribution in [3.63, 3.8) is 0 Å². The monoisotopic (exact) mass is 577 g/mol. The molecule has 10 nitrogen and oxygen atoms in total. The van der Waals surface area contributed by atoms with E-state index < -0.39 is 70.9 Å². The number of fused-ring (bicyclic) bond motifs is 1. The van der Waals surface area contributed by atoms with Crippen molar-refractivity contribution in [3.05, 3.63) is 0 Å². The number of amides is 5. The number of halogens is 4. The van der Waals surface area contributed by atoms with Crippen LogP contribution in [0.2, 0.25) is 0 Å². The molecule has 3 N–H and O–H groups in total. The topological polar surface area (TPSA) is 128 Å². The van der Waals surface area contributed by atoms with Crippen LogP contribution in [0.5, 0.6) is 0 Å². The second-order valence-corrected chi connectivity index (χ2v) is 13.1. The lowest BCUT2D eigenvalue weighted by Crippen LogP contribution is -2.61. The van der Waals surface area contributed by atoms with Crippen LogP contribution in [0.15, 0.2) is 0 Å². The Balaban J connectivity index is 1.55. The number of nitrogens with zero attached hydrogens (tertiary/aromatic N) is 2. The molecule has 0 aromatic carbocycles. The molecule has 0 aromatic heterocycles. The predicted octanol–water partition coefficient (Wildman–Crippen LogP) is 1.19. The molecule has 218 valence electrons. The molecule has 0 unspecified atom stereocenters.